The average Bonchev–Trinajstić information content (AvgIpc) is 3.09. The molecule has 3 rings (SSSR count). The zero-order valence-corrected chi connectivity index (χ0v) is 16.2. The van der Waals surface area contributed by atoms with Gasteiger partial charge in [-0.25, -0.2) is 8.78 Å². The lowest BCUT2D eigenvalue weighted by Crippen LogP contribution is -2.15. The average molecular weight is 402 g/mol. The van der Waals surface area contributed by atoms with E-state index in [1.807, 2.05) is 29.7 Å². The van der Waals surface area contributed by atoms with Gasteiger partial charge in [0.05, 0.1) is 11.4 Å². The lowest BCUT2D eigenvalue weighted by Gasteiger charge is -2.08. The van der Waals surface area contributed by atoms with Crippen LogP contribution in [0.1, 0.15) is 18.3 Å². The van der Waals surface area contributed by atoms with Crippen LogP contribution in [0.5, 0.6) is 0 Å². The number of nitrogens with zero attached hydrogens (tertiary/aromatic N) is 3. The Morgan fingerprint density at radius 2 is 1.89 bits per heavy atom. The molecule has 0 aliphatic carbocycles. The topological polar surface area (TPSA) is 59.8 Å². The summed E-state index contributed by atoms with van der Waals surface area (Å²) in [6.45, 7) is 2.68. The molecule has 28 heavy (non-hydrogen) atoms. The first-order valence-corrected chi connectivity index (χ1v) is 9.89. The van der Waals surface area contributed by atoms with Crippen LogP contribution in [0.3, 0.4) is 0 Å². The molecule has 1 heterocycles. The van der Waals surface area contributed by atoms with Crippen LogP contribution in [0.2, 0.25) is 0 Å². The molecule has 146 valence electrons. The van der Waals surface area contributed by atoms with E-state index in [2.05, 4.69) is 27.6 Å². The summed E-state index contributed by atoms with van der Waals surface area (Å²) in [5, 5.41) is 11.5. The van der Waals surface area contributed by atoms with E-state index in [1.165, 1.54) is 23.4 Å². The fraction of sp³-hybridized carbons (Fsp3) is 0.250. The summed E-state index contributed by atoms with van der Waals surface area (Å²) < 4.78 is 28.5. The maximum absolute atomic E-state index is 13.6. The van der Waals surface area contributed by atoms with Crippen molar-refractivity contribution >= 4 is 23.4 Å². The van der Waals surface area contributed by atoms with Crippen LogP contribution in [0, 0.1) is 11.6 Å². The Balaban J connectivity index is 1.58. The summed E-state index contributed by atoms with van der Waals surface area (Å²) in [5.74, 6) is -0.985. The van der Waals surface area contributed by atoms with Gasteiger partial charge in [-0.3, -0.25) is 4.79 Å². The van der Waals surface area contributed by atoms with Crippen LogP contribution in [0.15, 0.2) is 53.7 Å². The molecule has 0 saturated carbocycles. The van der Waals surface area contributed by atoms with Gasteiger partial charge in [0.2, 0.25) is 5.91 Å². The quantitative estimate of drug-likeness (QED) is 0.577. The molecule has 0 fully saturated rings. The normalized spacial score (nSPS) is 10.8. The van der Waals surface area contributed by atoms with Crippen molar-refractivity contribution < 1.29 is 13.6 Å². The number of hydrogen-bond acceptors (Lipinski definition) is 4. The van der Waals surface area contributed by atoms with Gasteiger partial charge in [-0.2, -0.15) is 0 Å². The highest BCUT2D eigenvalue weighted by atomic mass is 32.2. The van der Waals surface area contributed by atoms with Gasteiger partial charge in [-0.1, -0.05) is 42.1 Å². The van der Waals surface area contributed by atoms with Crippen molar-refractivity contribution in [3.8, 4) is 0 Å². The smallest absolute Gasteiger partial charge is 0.234 e. The summed E-state index contributed by atoms with van der Waals surface area (Å²) in [5.41, 5.74) is 1.18. The predicted octanol–water partition coefficient (Wildman–Crippen LogP) is 4.09. The van der Waals surface area contributed by atoms with Crippen molar-refractivity contribution in [2.75, 3.05) is 11.1 Å². The molecule has 1 N–H and O–H groups in total. The number of carbonyl (C=O) groups excluding carboxylic acids is 1. The Morgan fingerprint density at radius 3 is 2.61 bits per heavy atom. The number of anilines is 1. The Morgan fingerprint density at radius 1 is 1.11 bits per heavy atom. The molecule has 0 unspecified atom stereocenters. The molecule has 8 heteroatoms. The fourth-order valence-corrected chi connectivity index (χ4v) is 3.56. The standard InChI is InChI=1S/C20H20F2N4OS/c1-2-26-18(11-8-14-6-4-3-5-7-14)24-25-20(26)28-13-19(27)23-17-10-9-15(21)12-16(17)22/h3-7,9-10,12H,2,8,11,13H2,1H3,(H,23,27). The first kappa shape index (κ1) is 20.0. The van der Waals surface area contributed by atoms with E-state index in [1.54, 1.807) is 0 Å². The molecular formula is C20H20F2N4OS. The second-order valence-corrected chi connectivity index (χ2v) is 7.03. The van der Waals surface area contributed by atoms with Crippen molar-refractivity contribution in [1.29, 1.82) is 0 Å². The predicted molar refractivity (Wildman–Crippen MR) is 105 cm³/mol. The third-order valence-electron chi connectivity index (χ3n) is 4.13. The van der Waals surface area contributed by atoms with Crippen molar-refractivity contribution in [1.82, 2.24) is 14.8 Å². The Bertz CT molecular complexity index is 947. The Labute approximate surface area is 166 Å². The van der Waals surface area contributed by atoms with E-state index in [0.29, 0.717) is 11.7 Å². The second-order valence-electron chi connectivity index (χ2n) is 6.09. The molecule has 0 radical (unpaired) electrons. The molecule has 0 spiro atoms. The van der Waals surface area contributed by atoms with Crippen molar-refractivity contribution in [3.05, 3.63) is 71.6 Å². The number of amides is 1. The maximum atomic E-state index is 13.6. The largest absolute Gasteiger partial charge is 0.323 e. The van der Waals surface area contributed by atoms with E-state index in [9.17, 15) is 13.6 Å². The van der Waals surface area contributed by atoms with Crippen molar-refractivity contribution in [2.24, 2.45) is 0 Å². The highest BCUT2D eigenvalue weighted by Gasteiger charge is 2.14. The monoisotopic (exact) mass is 402 g/mol. The number of thioether (sulfide) groups is 1. The van der Waals surface area contributed by atoms with E-state index < -0.39 is 17.5 Å². The first-order chi connectivity index (χ1) is 13.6. The van der Waals surface area contributed by atoms with Gasteiger partial charge in [0, 0.05) is 19.0 Å². The van der Waals surface area contributed by atoms with E-state index >= 15 is 0 Å². The molecule has 0 bridgehead atoms. The lowest BCUT2D eigenvalue weighted by molar-refractivity contribution is -0.113. The van der Waals surface area contributed by atoms with Crippen LogP contribution < -0.4 is 5.32 Å². The highest BCUT2D eigenvalue weighted by Crippen LogP contribution is 2.20. The molecule has 1 aromatic heterocycles. The minimum absolute atomic E-state index is 0.0486. The molecule has 0 aliphatic rings. The van der Waals surface area contributed by atoms with Gasteiger partial charge in [0.15, 0.2) is 5.16 Å². The van der Waals surface area contributed by atoms with Gasteiger partial charge in [-0.05, 0) is 31.0 Å². The number of carbonyl (C=O) groups is 1. The Hall–Kier alpha value is -2.74. The van der Waals surface area contributed by atoms with Gasteiger partial charge in [0.25, 0.3) is 0 Å². The van der Waals surface area contributed by atoms with Crippen LogP contribution >= 0.6 is 11.8 Å². The summed E-state index contributed by atoms with van der Waals surface area (Å²) >= 11 is 1.23. The summed E-state index contributed by atoms with van der Waals surface area (Å²) in [7, 11) is 0. The number of benzene rings is 2. The molecule has 3 aromatic rings. The summed E-state index contributed by atoms with van der Waals surface area (Å²) in [4.78, 5) is 12.1. The lowest BCUT2D eigenvalue weighted by atomic mass is 10.1. The van der Waals surface area contributed by atoms with Crippen LogP contribution in [-0.4, -0.2) is 26.4 Å². The number of aryl methyl sites for hydroxylation is 2. The van der Waals surface area contributed by atoms with Crippen LogP contribution in [0.25, 0.3) is 0 Å². The third kappa shape index (κ3) is 5.16. The molecule has 0 atom stereocenters. The first-order valence-electron chi connectivity index (χ1n) is 8.90. The number of rotatable bonds is 8. The Kier molecular flexibility index (Phi) is 6.76. The van der Waals surface area contributed by atoms with Crippen LogP contribution in [-0.2, 0) is 24.2 Å². The van der Waals surface area contributed by atoms with Gasteiger partial charge >= 0.3 is 0 Å². The number of halogens is 2. The SMILES string of the molecule is CCn1c(CCc2ccccc2)nnc1SCC(=O)Nc1ccc(F)cc1F. The van der Waals surface area contributed by atoms with Crippen molar-refractivity contribution in [3.63, 3.8) is 0 Å². The fourth-order valence-electron chi connectivity index (χ4n) is 2.74. The van der Waals surface area contributed by atoms with Gasteiger partial charge in [-0.15, -0.1) is 10.2 Å². The second kappa shape index (κ2) is 9.45. The number of hydrogen-bond donors (Lipinski definition) is 1. The van der Waals surface area contributed by atoms with Gasteiger partial charge in [0.1, 0.15) is 17.5 Å². The third-order valence-corrected chi connectivity index (χ3v) is 5.09. The maximum Gasteiger partial charge on any atom is 0.234 e. The molecule has 0 saturated heterocycles. The van der Waals surface area contributed by atoms with Gasteiger partial charge < -0.3 is 9.88 Å². The molecule has 5 nitrogen and oxygen atoms in total. The number of aromatic nitrogens is 3. The number of nitrogens with one attached hydrogen (secondary N) is 1. The zero-order valence-electron chi connectivity index (χ0n) is 15.4. The highest BCUT2D eigenvalue weighted by molar-refractivity contribution is 7.99. The molecular weight excluding hydrogens is 382 g/mol. The van der Waals surface area contributed by atoms with E-state index in [4.69, 9.17) is 0 Å². The minimum atomic E-state index is -0.807. The summed E-state index contributed by atoms with van der Waals surface area (Å²) in [6.07, 6.45) is 1.60. The molecule has 0 aliphatic heterocycles. The molecule has 1 amide bonds. The van der Waals surface area contributed by atoms with Crippen LogP contribution in [0.4, 0.5) is 14.5 Å². The van der Waals surface area contributed by atoms with E-state index in [-0.39, 0.29) is 11.4 Å². The van der Waals surface area contributed by atoms with Crippen molar-refractivity contribution in [2.45, 2.75) is 31.5 Å². The molecule has 2 aromatic carbocycles. The summed E-state index contributed by atoms with van der Waals surface area (Å²) in [6, 6.07) is 13.2. The zero-order chi connectivity index (χ0) is 19.9. The van der Waals surface area contributed by atoms with E-state index in [0.717, 1.165) is 30.8 Å². The minimum Gasteiger partial charge on any atom is -0.323 e.